The molecule has 3 amide bonds. The minimum atomic E-state index is -0.534. The van der Waals surface area contributed by atoms with Gasteiger partial charge in [0, 0.05) is 19.0 Å². The predicted molar refractivity (Wildman–Crippen MR) is 174 cm³/mol. The smallest absolute Gasteiger partial charge is 0.407 e. The maximum atomic E-state index is 13.4. The Morgan fingerprint density at radius 1 is 0.956 bits per heavy atom. The zero-order valence-electron chi connectivity index (χ0n) is 26.7. The van der Waals surface area contributed by atoms with Crippen LogP contribution in [0.4, 0.5) is 4.79 Å². The number of nitrogens with one attached hydrogen (secondary N) is 3. The first-order valence-electron chi connectivity index (χ1n) is 16.2. The third-order valence-corrected chi connectivity index (χ3v) is 7.66. The molecule has 1 aliphatic rings. The number of amides is 3. The number of carbonyl (C=O) groups excluding carboxylic acids is 4. The fourth-order valence-electron chi connectivity index (χ4n) is 5.25. The summed E-state index contributed by atoms with van der Waals surface area (Å²) in [6, 6.07) is 18.9. The van der Waals surface area contributed by atoms with E-state index in [2.05, 4.69) is 16.0 Å². The predicted octanol–water partition coefficient (Wildman–Crippen LogP) is 5.63. The number of esters is 1. The molecule has 0 saturated carbocycles. The van der Waals surface area contributed by atoms with Crippen LogP contribution in [-0.2, 0) is 36.9 Å². The van der Waals surface area contributed by atoms with Gasteiger partial charge in [0.25, 0.3) is 0 Å². The SMILES string of the molecule is CC(C)NC(=O)C[C@H]1C/C=C\CCC[C@H](Cc2ccccc2)C(=O)OC[C@H](CCCCNC(=O)OCc2ccccc2)NC1=O. The van der Waals surface area contributed by atoms with Crippen molar-refractivity contribution in [2.75, 3.05) is 13.2 Å². The lowest BCUT2D eigenvalue weighted by Crippen LogP contribution is -2.44. The molecule has 0 bridgehead atoms. The van der Waals surface area contributed by atoms with E-state index in [1.54, 1.807) is 0 Å². The van der Waals surface area contributed by atoms with Gasteiger partial charge in [-0.2, -0.15) is 0 Å². The second-order valence-electron chi connectivity index (χ2n) is 12.0. The number of allylic oxidation sites excluding steroid dienone is 2. The van der Waals surface area contributed by atoms with E-state index >= 15 is 0 Å². The average Bonchev–Trinajstić information content (AvgIpc) is 3.02. The lowest BCUT2D eigenvalue weighted by Gasteiger charge is -2.24. The molecular weight excluding hydrogens is 570 g/mol. The van der Waals surface area contributed by atoms with E-state index in [1.165, 1.54) is 0 Å². The molecule has 9 nitrogen and oxygen atoms in total. The van der Waals surface area contributed by atoms with Crippen LogP contribution in [0, 0.1) is 11.8 Å². The van der Waals surface area contributed by atoms with E-state index < -0.39 is 18.1 Å². The molecule has 2 aromatic rings. The molecule has 0 spiro atoms. The molecule has 45 heavy (non-hydrogen) atoms. The number of cyclic esters (lactones) is 1. The molecule has 0 saturated heterocycles. The Bertz CT molecular complexity index is 1220. The average molecular weight is 620 g/mol. The van der Waals surface area contributed by atoms with Gasteiger partial charge in [0.05, 0.1) is 17.9 Å². The quantitative estimate of drug-likeness (QED) is 0.161. The van der Waals surface area contributed by atoms with E-state index in [4.69, 9.17) is 9.47 Å². The molecule has 3 rings (SSSR count). The van der Waals surface area contributed by atoms with Crippen molar-refractivity contribution in [1.29, 1.82) is 0 Å². The molecule has 9 heteroatoms. The second-order valence-corrected chi connectivity index (χ2v) is 12.0. The number of benzene rings is 2. The van der Waals surface area contributed by atoms with E-state index in [0.29, 0.717) is 45.1 Å². The van der Waals surface area contributed by atoms with E-state index in [9.17, 15) is 19.2 Å². The number of hydrogen-bond acceptors (Lipinski definition) is 6. The van der Waals surface area contributed by atoms with Crippen molar-refractivity contribution in [3.05, 3.63) is 83.9 Å². The standard InChI is InChI=1S/C36H49N3O6/c1-27(2)38-33(40)24-30-19-11-3-4-12-20-31(23-28-15-7-5-8-16-28)35(42)44-26-32(39-34(30)41)21-13-14-22-37-36(43)45-25-29-17-9-6-10-18-29/h3,5-11,15-18,27,30-32H,4,12-14,19-26H2,1-2H3,(H,37,43)(H,38,40)(H,39,41)/b11-3-/t30-,31-,32+/m1/s1. The van der Waals surface area contributed by atoms with Crippen LogP contribution < -0.4 is 16.0 Å². The lowest BCUT2D eigenvalue weighted by atomic mass is 9.93. The number of rotatable bonds is 12. The van der Waals surface area contributed by atoms with Gasteiger partial charge in [-0.3, -0.25) is 14.4 Å². The highest BCUT2D eigenvalue weighted by Crippen LogP contribution is 2.20. The zero-order chi connectivity index (χ0) is 32.3. The Morgan fingerprint density at radius 3 is 2.38 bits per heavy atom. The van der Waals surface area contributed by atoms with Crippen LogP contribution in [-0.4, -0.2) is 49.1 Å². The first-order chi connectivity index (χ1) is 21.8. The highest BCUT2D eigenvalue weighted by Gasteiger charge is 2.26. The van der Waals surface area contributed by atoms with E-state index in [1.807, 2.05) is 86.7 Å². The zero-order valence-corrected chi connectivity index (χ0v) is 26.7. The normalized spacial score (nSPS) is 20.3. The van der Waals surface area contributed by atoms with Crippen LogP contribution in [0.2, 0.25) is 0 Å². The molecule has 0 unspecified atom stereocenters. The van der Waals surface area contributed by atoms with Crippen molar-refractivity contribution in [3.63, 3.8) is 0 Å². The van der Waals surface area contributed by atoms with Crippen LogP contribution in [0.1, 0.15) is 76.3 Å². The Labute approximate surface area is 267 Å². The van der Waals surface area contributed by atoms with Gasteiger partial charge in [0.1, 0.15) is 13.2 Å². The summed E-state index contributed by atoms with van der Waals surface area (Å²) >= 11 is 0. The molecule has 1 heterocycles. The number of carbonyl (C=O) groups is 4. The summed E-state index contributed by atoms with van der Waals surface area (Å²) in [6.07, 6.45) is 8.81. The summed E-state index contributed by atoms with van der Waals surface area (Å²) < 4.78 is 11.1. The molecule has 3 N–H and O–H groups in total. The summed E-state index contributed by atoms with van der Waals surface area (Å²) in [6.45, 7) is 4.43. The maximum absolute atomic E-state index is 13.4. The van der Waals surface area contributed by atoms with Gasteiger partial charge in [-0.25, -0.2) is 4.79 Å². The topological polar surface area (TPSA) is 123 Å². The van der Waals surface area contributed by atoms with Gasteiger partial charge in [-0.05, 0) is 76.3 Å². The number of alkyl carbamates (subject to hydrolysis) is 1. The summed E-state index contributed by atoms with van der Waals surface area (Å²) in [5.74, 6) is -1.49. The van der Waals surface area contributed by atoms with Crippen molar-refractivity contribution in [3.8, 4) is 0 Å². The maximum Gasteiger partial charge on any atom is 0.407 e. The third kappa shape index (κ3) is 14.5. The number of ether oxygens (including phenoxy) is 2. The first-order valence-corrected chi connectivity index (χ1v) is 16.2. The fourth-order valence-corrected chi connectivity index (χ4v) is 5.25. The minimum absolute atomic E-state index is 0.0187. The largest absolute Gasteiger partial charge is 0.463 e. The molecule has 244 valence electrons. The van der Waals surface area contributed by atoms with E-state index in [-0.39, 0.29) is 49.4 Å². The lowest BCUT2D eigenvalue weighted by molar-refractivity contribution is -0.150. The van der Waals surface area contributed by atoms with Crippen LogP contribution in [0.15, 0.2) is 72.8 Å². The molecule has 2 aromatic carbocycles. The minimum Gasteiger partial charge on any atom is -0.463 e. The van der Waals surface area contributed by atoms with Crippen molar-refractivity contribution in [2.45, 2.75) is 90.3 Å². The van der Waals surface area contributed by atoms with Crippen molar-refractivity contribution in [2.24, 2.45) is 11.8 Å². The fraction of sp³-hybridized carbons (Fsp3) is 0.500. The van der Waals surface area contributed by atoms with Gasteiger partial charge >= 0.3 is 12.1 Å². The van der Waals surface area contributed by atoms with Gasteiger partial charge < -0.3 is 25.4 Å². The molecule has 0 fully saturated rings. The van der Waals surface area contributed by atoms with Crippen LogP contribution in [0.25, 0.3) is 0 Å². The number of unbranched alkanes of at least 4 members (excludes halogenated alkanes) is 1. The molecular formula is C36H49N3O6. The summed E-state index contributed by atoms with van der Waals surface area (Å²) in [5, 5.41) is 8.70. The highest BCUT2D eigenvalue weighted by molar-refractivity contribution is 5.86. The molecule has 0 aliphatic carbocycles. The molecule has 0 aromatic heterocycles. The van der Waals surface area contributed by atoms with Crippen LogP contribution >= 0.6 is 0 Å². The Hall–Kier alpha value is -4.14. The molecule has 0 radical (unpaired) electrons. The van der Waals surface area contributed by atoms with E-state index in [0.717, 1.165) is 24.0 Å². The van der Waals surface area contributed by atoms with Gasteiger partial charge in [-0.15, -0.1) is 0 Å². The van der Waals surface area contributed by atoms with Gasteiger partial charge in [0.2, 0.25) is 11.8 Å². The van der Waals surface area contributed by atoms with Crippen molar-refractivity contribution in [1.82, 2.24) is 16.0 Å². The van der Waals surface area contributed by atoms with Crippen LogP contribution in [0.5, 0.6) is 0 Å². The van der Waals surface area contributed by atoms with Crippen molar-refractivity contribution < 1.29 is 28.7 Å². The summed E-state index contributed by atoms with van der Waals surface area (Å²) in [5.41, 5.74) is 1.99. The number of hydrogen-bond donors (Lipinski definition) is 3. The molecule has 3 atom stereocenters. The summed E-state index contributed by atoms with van der Waals surface area (Å²) in [7, 11) is 0. The van der Waals surface area contributed by atoms with Gasteiger partial charge in [-0.1, -0.05) is 72.8 Å². The third-order valence-electron chi connectivity index (χ3n) is 7.66. The Kier molecular flexibility index (Phi) is 15.7. The van der Waals surface area contributed by atoms with Crippen molar-refractivity contribution >= 4 is 23.9 Å². The first kappa shape index (κ1) is 35.3. The molecule has 1 aliphatic heterocycles. The Balaban J connectivity index is 1.60. The second kappa shape index (κ2) is 20.0. The summed E-state index contributed by atoms with van der Waals surface area (Å²) in [4.78, 5) is 51.4. The Morgan fingerprint density at radius 2 is 1.67 bits per heavy atom. The van der Waals surface area contributed by atoms with Gasteiger partial charge in [0.15, 0.2) is 0 Å². The highest BCUT2D eigenvalue weighted by atomic mass is 16.5. The monoisotopic (exact) mass is 619 g/mol. The van der Waals surface area contributed by atoms with Crippen LogP contribution in [0.3, 0.4) is 0 Å².